The van der Waals surface area contributed by atoms with E-state index >= 15 is 0 Å². The molecule has 0 spiro atoms. The summed E-state index contributed by atoms with van der Waals surface area (Å²) in [6.07, 6.45) is -2.50. The predicted molar refractivity (Wildman–Crippen MR) is 105 cm³/mol. The van der Waals surface area contributed by atoms with Crippen molar-refractivity contribution in [2.75, 3.05) is 42.9 Å². The lowest BCUT2D eigenvalue weighted by Crippen LogP contribution is -3.15. The van der Waals surface area contributed by atoms with Gasteiger partial charge in [-0.05, 0) is 30.5 Å². The molecule has 2 aromatic rings. The molecule has 0 aliphatic carbocycles. The van der Waals surface area contributed by atoms with Crippen molar-refractivity contribution in [1.82, 2.24) is 0 Å². The van der Waals surface area contributed by atoms with Crippen LogP contribution in [0.1, 0.15) is 23.6 Å². The number of amides is 1. The van der Waals surface area contributed by atoms with Crippen LogP contribution in [0.3, 0.4) is 0 Å². The van der Waals surface area contributed by atoms with Crippen LogP contribution in [0.4, 0.5) is 24.7 Å². The number of halogens is 3. The molecule has 0 saturated carbocycles. The van der Waals surface area contributed by atoms with Gasteiger partial charge in [-0.2, -0.15) is 13.2 Å². The molecular weight excluding hydrogens is 381 g/mol. The molecule has 5 nitrogen and oxygen atoms in total. The smallest absolute Gasteiger partial charge is 0.321 e. The average molecular weight is 408 g/mol. The molecule has 0 atom stereocenters. The van der Waals surface area contributed by atoms with Gasteiger partial charge in [-0.3, -0.25) is 9.69 Å². The van der Waals surface area contributed by atoms with Gasteiger partial charge in [-0.15, -0.1) is 0 Å². The molecule has 1 aromatic heterocycles. The molecule has 3 rings (SSSR count). The minimum absolute atomic E-state index is 0.0152. The molecule has 1 aromatic carbocycles. The van der Waals surface area contributed by atoms with Gasteiger partial charge in [0.05, 0.1) is 5.56 Å². The summed E-state index contributed by atoms with van der Waals surface area (Å²) in [7, 11) is 0. The van der Waals surface area contributed by atoms with Crippen LogP contribution in [0.25, 0.3) is 0 Å². The van der Waals surface area contributed by atoms with Gasteiger partial charge in [0, 0.05) is 11.8 Å². The normalized spacial score (nSPS) is 15.4. The first-order chi connectivity index (χ1) is 13.8. The fourth-order valence-corrected chi connectivity index (χ4v) is 3.64. The Morgan fingerprint density at radius 3 is 2.52 bits per heavy atom. The number of aromatic nitrogens is 1. The van der Waals surface area contributed by atoms with Crippen LogP contribution in [0, 0.1) is 6.92 Å². The molecule has 156 valence electrons. The summed E-state index contributed by atoms with van der Waals surface area (Å²) in [6.45, 7) is 7.27. The second kappa shape index (κ2) is 8.82. The summed E-state index contributed by atoms with van der Waals surface area (Å²) >= 11 is 0. The number of H-pyrrole nitrogens is 1. The molecule has 0 radical (unpaired) electrons. The number of hydrogen-bond acceptors (Lipinski definition) is 2. The molecule has 1 aliphatic heterocycles. The van der Waals surface area contributed by atoms with E-state index in [0.29, 0.717) is 25.5 Å². The van der Waals surface area contributed by atoms with Gasteiger partial charge in [-0.1, -0.05) is 25.1 Å². The van der Waals surface area contributed by atoms with Crippen molar-refractivity contribution in [2.45, 2.75) is 26.4 Å². The fraction of sp³-hybridized carbons (Fsp3) is 0.429. The Balaban J connectivity index is 1.53. The van der Waals surface area contributed by atoms with Crippen molar-refractivity contribution in [1.29, 1.82) is 0 Å². The molecule has 3 N–H and O–H groups in total. The zero-order chi connectivity index (χ0) is 21.0. The number of benzene rings is 1. The highest BCUT2D eigenvalue weighted by molar-refractivity contribution is 5.93. The fourth-order valence-electron chi connectivity index (χ4n) is 3.64. The van der Waals surface area contributed by atoms with Crippen LogP contribution >= 0.6 is 0 Å². The number of carbonyl (C=O) groups is 1. The number of nitrogens with one attached hydrogen (secondary N) is 3. The van der Waals surface area contributed by atoms with Crippen molar-refractivity contribution in [3.8, 4) is 0 Å². The Morgan fingerprint density at radius 2 is 1.93 bits per heavy atom. The number of rotatable bonds is 5. The third-order valence-corrected chi connectivity index (χ3v) is 5.35. The number of anilines is 2. The quantitative estimate of drug-likeness (QED) is 0.792. The van der Waals surface area contributed by atoms with E-state index < -0.39 is 11.7 Å². The molecular formula is C21H27F3N4O+2. The Hall–Kier alpha value is -2.61. The second-order valence-electron chi connectivity index (χ2n) is 7.38. The van der Waals surface area contributed by atoms with Crippen LogP contribution < -0.4 is 20.1 Å². The van der Waals surface area contributed by atoms with Gasteiger partial charge < -0.3 is 10.2 Å². The molecule has 1 saturated heterocycles. The highest BCUT2D eigenvalue weighted by atomic mass is 19.4. The first-order valence-electron chi connectivity index (χ1n) is 9.83. The van der Waals surface area contributed by atoms with Gasteiger partial charge in [0.1, 0.15) is 32.4 Å². The van der Waals surface area contributed by atoms with Crippen molar-refractivity contribution in [3.63, 3.8) is 0 Å². The molecule has 0 bridgehead atoms. The molecule has 1 aliphatic rings. The summed E-state index contributed by atoms with van der Waals surface area (Å²) in [6, 6.07) is 8.55. The maximum atomic E-state index is 12.7. The Morgan fingerprint density at radius 1 is 1.21 bits per heavy atom. The van der Waals surface area contributed by atoms with Gasteiger partial charge in [-0.25, -0.2) is 4.98 Å². The lowest BCUT2D eigenvalue weighted by Gasteiger charge is -2.28. The molecule has 1 fully saturated rings. The third kappa shape index (κ3) is 5.26. The number of para-hydroxylation sites is 1. The maximum absolute atomic E-state index is 12.7. The second-order valence-corrected chi connectivity index (χ2v) is 7.38. The zero-order valence-electron chi connectivity index (χ0n) is 16.7. The van der Waals surface area contributed by atoms with E-state index in [0.717, 1.165) is 53.5 Å². The van der Waals surface area contributed by atoms with Gasteiger partial charge in [0.25, 0.3) is 11.7 Å². The SMILES string of the molecule is CCc1cccc(C)c1NC(=O)C[NH+]1CCN(c2ccc(C(F)(F)F)c[nH+]2)CC1. The predicted octanol–water partition coefficient (Wildman–Crippen LogP) is 1.73. The summed E-state index contributed by atoms with van der Waals surface area (Å²) in [5.74, 6) is 0.646. The van der Waals surface area contributed by atoms with Crippen molar-refractivity contribution >= 4 is 17.4 Å². The lowest BCUT2D eigenvalue weighted by molar-refractivity contribution is -0.892. The number of alkyl halides is 3. The number of carbonyl (C=O) groups excluding carboxylic acids is 1. The Kier molecular flexibility index (Phi) is 6.42. The number of quaternary nitrogens is 1. The minimum atomic E-state index is -4.35. The van der Waals surface area contributed by atoms with Gasteiger partial charge in [0.2, 0.25) is 0 Å². The van der Waals surface area contributed by atoms with Crippen LogP contribution in [0.5, 0.6) is 0 Å². The zero-order valence-corrected chi connectivity index (χ0v) is 16.7. The van der Waals surface area contributed by atoms with Gasteiger partial charge >= 0.3 is 6.18 Å². The maximum Gasteiger partial charge on any atom is 0.419 e. The summed E-state index contributed by atoms with van der Waals surface area (Å²) in [5.41, 5.74) is 2.38. The molecule has 1 amide bonds. The van der Waals surface area contributed by atoms with E-state index in [9.17, 15) is 18.0 Å². The van der Waals surface area contributed by atoms with E-state index in [2.05, 4.69) is 17.2 Å². The monoisotopic (exact) mass is 408 g/mol. The summed E-state index contributed by atoms with van der Waals surface area (Å²) < 4.78 is 38.1. The van der Waals surface area contributed by atoms with E-state index in [1.165, 1.54) is 6.07 Å². The standard InChI is InChI=1S/C21H25F3N4O/c1-3-16-6-4-5-15(2)20(16)26-19(29)14-27-9-11-28(12-10-27)18-8-7-17(13-25-18)21(22,23)24/h4-8,13H,3,9-12,14H2,1-2H3,(H,26,29)/p+2. The van der Waals surface area contributed by atoms with E-state index in [4.69, 9.17) is 0 Å². The number of aromatic amines is 1. The first-order valence-corrected chi connectivity index (χ1v) is 9.83. The van der Waals surface area contributed by atoms with Crippen molar-refractivity contribution in [3.05, 3.63) is 53.2 Å². The highest BCUT2D eigenvalue weighted by Crippen LogP contribution is 2.28. The van der Waals surface area contributed by atoms with Gasteiger partial charge in [0.15, 0.2) is 6.54 Å². The summed E-state index contributed by atoms with van der Waals surface area (Å²) in [5, 5.41) is 3.05. The van der Waals surface area contributed by atoms with Crippen LogP contribution in [-0.2, 0) is 17.4 Å². The molecule has 29 heavy (non-hydrogen) atoms. The number of nitrogens with zero attached hydrogens (tertiary/aromatic N) is 1. The Bertz CT molecular complexity index is 844. The van der Waals surface area contributed by atoms with E-state index in [-0.39, 0.29) is 5.91 Å². The number of hydrogen-bond donors (Lipinski definition) is 2. The topological polar surface area (TPSA) is 50.9 Å². The minimum Gasteiger partial charge on any atom is -0.321 e. The largest absolute Gasteiger partial charge is 0.419 e. The number of piperazine rings is 1. The Labute approximate surface area is 168 Å². The van der Waals surface area contributed by atoms with E-state index in [1.54, 1.807) is 0 Å². The van der Waals surface area contributed by atoms with Crippen LogP contribution in [-0.4, -0.2) is 38.6 Å². The van der Waals surface area contributed by atoms with Crippen molar-refractivity contribution in [2.24, 2.45) is 0 Å². The summed E-state index contributed by atoms with van der Waals surface area (Å²) in [4.78, 5) is 18.4. The lowest BCUT2D eigenvalue weighted by atomic mass is 10.1. The van der Waals surface area contributed by atoms with Crippen LogP contribution in [0.15, 0.2) is 36.5 Å². The highest BCUT2D eigenvalue weighted by Gasteiger charge is 2.33. The molecule has 0 unspecified atom stereocenters. The van der Waals surface area contributed by atoms with Crippen molar-refractivity contribution < 1.29 is 27.8 Å². The number of aryl methyl sites for hydroxylation is 2. The molecule has 2 heterocycles. The average Bonchev–Trinajstić information content (AvgIpc) is 2.69. The first kappa shape index (κ1) is 21.1. The van der Waals surface area contributed by atoms with Crippen LogP contribution in [0.2, 0.25) is 0 Å². The third-order valence-electron chi connectivity index (χ3n) is 5.35. The van der Waals surface area contributed by atoms with E-state index in [1.807, 2.05) is 30.0 Å². The molecule has 8 heteroatoms. The number of pyridine rings is 1.